The molecule has 18 heavy (non-hydrogen) atoms. The van der Waals surface area contributed by atoms with Crippen LogP contribution in [0.5, 0.6) is 0 Å². The summed E-state index contributed by atoms with van der Waals surface area (Å²) in [5.74, 6) is 0.663. The maximum Gasteiger partial charge on any atom is 0.242 e. The van der Waals surface area contributed by atoms with Gasteiger partial charge in [-0.25, -0.2) is 0 Å². The van der Waals surface area contributed by atoms with Crippen molar-refractivity contribution < 1.29 is 14.0 Å². The Morgan fingerprint density at radius 2 is 2.44 bits per heavy atom. The fraction of sp³-hybridized carbons (Fsp3) is 0.538. The summed E-state index contributed by atoms with van der Waals surface area (Å²) in [4.78, 5) is 25.3. The molecule has 1 aromatic rings. The quantitative estimate of drug-likeness (QED) is 0.856. The molecule has 1 fully saturated rings. The van der Waals surface area contributed by atoms with Gasteiger partial charge in [-0.1, -0.05) is 6.92 Å². The number of carbonyl (C=O) groups excluding carboxylic acids is 2. The van der Waals surface area contributed by atoms with E-state index in [9.17, 15) is 9.59 Å². The second-order valence-electron chi connectivity index (χ2n) is 4.45. The normalized spacial score (nSPS) is 19.3. The van der Waals surface area contributed by atoms with E-state index in [0.717, 1.165) is 6.42 Å². The Morgan fingerprint density at radius 1 is 1.61 bits per heavy atom. The van der Waals surface area contributed by atoms with E-state index in [0.29, 0.717) is 31.7 Å². The van der Waals surface area contributed by atoms with Gasteiger partial charge in [0.15, 0.2) is 0 Å². The second kappa shape index (κ2) is 5.71. The summed E-state index contributed by atoms with van der Waals surface area (Å²) in [5, 5.41) is 2.84. The van der Waals surface area contributed by atoms with E-state index >= 15 is 0 Å². The van der Waals surface area contributed by atoms with Crippen molar-refractivity contribution in [2.75, 3.05) is 6.54 Å². The third-order valence-corrected chi connectivity index (χ3v) is 3.09. The zero-order valence-electron chi connectivity index (χ0n) is 10.5. The summed E-state index contributed by atoms with van der Waals surface area (Å²) in [6.45, 7) is 3.02. The molecule has 98 valence electrons. The molecule has 0 bridgehead atoms. The molecule has 1 N–H and O–H groups in total. The van der Waals surface area contributed by atoms with Crippen molar-refractivity contribution in [2.24, 2.45) is 0 Å². The smallest absolute Gasteiger partial charge is 0.242 e. The minimum absolute atomic E-state index is 0.0167. The van der Waals surface area contributed by atoms with Crippen molar-refractivity contribution in [1.29, 1.82) is 0 Å². The first kappa shape index (κ1) is 12.7. The Kier molecular flexibility index (Phi) is 4.02. The van der Waals surface area contributed by atoms with Crippen LogP contribution in [0.4, 0.5) is 0 Å². The van der Waals surface area contributed by atoms with E-state index in [2.05, 4.69) is 5.32 Å². The number of hydrogen-bond donors (Lipinski definition) is 1. The van der Waals surface area contributed by atoms with Crippen LogP contribution in [0.15, 0.2) is 22.8 Å². The second-order valence-corrected chi connectivity index (χ2v) is 4.45. The lowest BCUT2D eigenvalue weighted by Crippen LogP contribution is -2.44. The molecule has 5 nitrogen and oxygen atoms in total. The number of likely N-dealkylation sites (tertiary alicyclic amines) is 1. The van der Waals surface area contributed by atoms with Crippen molar-refractivity contribution in [3.05, 3.63) is 24.2 Å². The van der Waals surface area contributed by atoms with Gasteiger partial charge in [-0.15, -0.1) is 0 Å². The van der Waals surface area contributed by atoms with Crippen molar-refractivity contribution in [1.82, 2.24) is 10.2 Å². The number of rotatable bonds is 5. The lowest BCUT2D eigenvalue weighted by molar-refractivity contribution is -0.136. The maximum atomic E-state index is 12.0. The van der Waals surface area contributed by atoms with Gasteiger partial charge in [0.2, 0.25) is 11.8 Å². The molecule has 0 aliphatic carbocycles. The zero-order valence-corrected chi connectivity index (χ0v) is 10.5. The molecular formula is C13H18N2O3. The largest absolute Gasteiger partial charge is 0.467 e. The monoisotopic (exact) mass is 250 g/mol. The SMILES string of the molecule is CCCNC(=O)[C@H]1CCC(=O)N1Cc1ccco1. The van der Waals surface area contributed by atoms with E-state index in [-0.39, 0.29) is 17.9 Å². The van der Waals surface area contributed by atoms with Crippen LogP contribution >= 0.6 is 0 Å². The number of hydrogen-bond acceptors (Lipinski definition) is 3. The lowest BCUT2D eigenvalue weighted by Gasteiger charge is -2.22. The third-order valence-electron chi connectivity index (χ3n) is 3.09. The zero-order chi connectivity index (χ0) is 13.0. The van der Waals surface area contributed by atoms with Crippen LogP contribution in [0.2, 0.25) is 0 Å². The Balaban J connectivity index is 2.01. The Labute approximate surface area is 106 Å². The lowest BCUT2D eigenvalue weighted by atomic mass is 10.2. The first-order valence-electron chi connectivity index (χ1n) is 6.32. The molecule has 2 rings (SSSR count). The molecule has 0 radical (unpaired) electrons. The molecule has 1 saturated heterocycles. The fourth-order valence-electron chi connectivity index (χ4n) is 2.14. The number of carbonyl (C=O) groups is 2. The Bertz CT molecular complexity index is 414. The molecule has 5 heteroatoms. The van der Waals surface area contributed by atoms with Gasteiger partial charge in [0, 0.05) is 13.0 Å². The summed E-state index contributed by atoms with van der Waals surface area (Å²) in [5.41, 5.74) is 0. The van der Waals surface area contributed by atoms with Gasteiger partial charge in [0.25, 0.3) is 0 Å². The van der Waals surface area contributed by atoms with E-state index in [4.69, 9.17) is 4.42 Å². The summed E-state index contributed by atoms with van der Waals surface area (Å²) in [6.07, 6.45) is 3.49. The van der Waals surface area contributed by atoms with Gasteiger partial charge in [-0.05, 0) is 25.0 Å². The molecular weight excluding hydrogens is 232 g/mol. The highest BCUT2D eigenvalue weighted by Gasteiger charge is 2.36. The molecule has 0 spiro atoms. The third kappa shape index (κ3) is 2.72. The van der Waals surface area contributed by atoms with Crippen LogP contribution in [-0.4, -0.2) is 29.3 Å². The topological polar surface area (TPSA) is 62.6 Å². The van der Waals surface area contributed by atoms with Crippen LogP contribution in [-0.2, 0) is 16.1 Å². The summed E-state index contributed by atoms with van der Waals surface area (Å²) in [7, 11) is 0. The van der Waals surface area contributed by atoms with Crippen molar-refractivity contribution in [3.63, 3.8) is 0 Å². The number of furan rings is 1. The van der Waals surface area contributed by atoms with Crippen LogP contribution in [0.25, 0.3) is 0 Å². The average molecular weight is 250 g/mol. The molecule has 0 unspecified atom stereocenters. The van der Waals surface area contributed by atoms with Gasteiger partial charge < -0.3 is 14.6 Å². The maximum absolute atomic E-state index is 12.0. The van der Waals surface area contributed by atoms with E-state index in [1.54, 1.807) is 17.2 Å². The summed E-state index contributed by atoms with van der Waals surface area (Å²) >= 11 is 0. The van der Waals surface area contributed by atoms with Gasteiger partial charge in [-0.3, -0.25) is 9.59 Å². The van der Waals surface area contributed by atoms with Crippen molar-refractivity contribution in [3.8, 4) is 0 Å². The molecule has 2 amide bonds. The molecule has 1 aliphatic heterocycles. The molecule has 0 saturated carbocycles. The highest BCUT2D eigenvalue weighted by molar-refractivity contribution is 5.90. The van der Waals surface area contributed by atoms with E-state index < -0.39 is 0 Å². The van der Waals surface area contributed by atoms with Gasteiger partial charge in [0.1, 0.15) is 11.8 Å². The Hall–Kier alpha value is -1.78. The minimum atomic E-state index is -0.353. The Morgan fingerprint density at radius 3 is 3.11 bits per heavy atom. The van der Waals surface area contributed by atoms with Gasteiger partial charge in [0.05, 0.1) is 12.8 Å². The summed E-state index contributed by atoms with van der Waals surface area (Å²) < 4.78 is 5.23. The molecule has 1 aromatic heterocycles. The molecule has 1 atom stereocenters. The van der Waals surface area contributed by atoms with Crippen LogP contribution in [0, 0.1) is 0 Å². The highest BCUT2D eigenvalue weighted by Crippen LogP contribution is 2.21. The summed E-state index contributed by atoms with van der Waals surface area (Å²) in [6, 6.07) is 3.24. The van der Waals surface area contributed by atoms with Gasteiger partial charge in [-0.2, -0.15) is 0 Å². The van der Waals surface area contributed by atoms with Crippen molar-refractivity contribution in [2.45, 2.75) is 38.8 Å². The van der Waals surface area contributed by atoms with E-state index in [1.165, 1.54) is 0 Å². The van der Waals surface area contributed by atoms with Crippen LogP contribution < -0.4 is 5.32 Å². The first-order chi connectivity index (χ1) is 8.72. The number of nitrogens with one attached hydrogen (secondary N) is 1. The highest BCUT2D eigenvalue weighted by atomic mass is 16.3. The average Bonchev–Trinajstić information content (AvgIpc) is 2.98. The van der Waals surface area contributed by atoms with Gasteiger partial charge >= 0.3 is 0 Å². The first-order valence-corrected chi connectivity index (χ1v) is 6.32. The number of amides is 2. The molecule has 2 heterocycles. The van der Waals surface area contributed by atoms with E-state index in [1.807, 2.05) is 13.0 Å². The van der Waals surface area contributed by atoms with Crippen molar-refractivity contribution >= 4 is 11.8 Å². The predicted octanol–water partition coefficient (Wildman–Crippen LogP) is 1.30. The predicted molar refractivity (Wildman–Crippen MR) is 65.6 cm³/mol. The molecule has 1 aliphatic rings. The van der Waals surface area contributed by atoms with Crippen LogP contribution in [0.1, 0.15) is 31.9 Å². The minimum Gasteiger partial charge on any atom is -0.467 e. The fourth-order valence-corrected chi connectivity index (χ4v) is 2.14. The van der Waals surface area contributed by atoms with Crippen LogP contribution in [0.3, 0.4) is 0 Å². The standard InChI is InChI=1S/C13H18N2O3/c1-2-7-14-13(17)11-5-6-12(16)15(11)9-10-4-3-8-18-10/h3-4,8,11H,2,5-7,9H2,1H3,(H,14,17)/t11-/m1/s1. The number of nitrogens with zero attached hydrogens (tertiary/aromatic N) is 1. The molecule has 0 aromatic carbocycles.